The van der Waals surface area contributed by atoms with E-state index in [1.54, 1.807) is 7.11 Å². The van der Waals surface area contributed by atoms with Crippen LogP contribution < -0.4 is 0 Å². The number of benzene rings is 1. The Morgan fingerprint density at radius 1 is 1.00 bits per heavy atom. The fourth-order valence-electron chi connectivity index (χ4n) is 2.80. The largest absolute Gasteiger partial charge is 0.361 e. The average molecular weight is 264 g/mol. The van der Waals surface area contributed by atoms with Crippen molar-refractivity contribution in [3.8, 4) is 0 Å². The monoisotopic (exact) mass is 264 g/mol. The number of fused-ring (bicyclic) bond motifs is 3. The standard InChI is InChI=1S/C14H16O5/c1-15-14-12-11(18-12)10-9(17-14)7-16-13(19-10)8-5-3-2-4-6-8/h2-6,9-14H,7H2,1H3/t9-,10-,11-,12-,13?,14-/m1/s1. The molecule has 3 aliphatic heterocycles. The summed E-state index contributed by atoms with van der Waals surface area (Å²) >= 11 is 0. The molecule has 1 aromatic rings. The highest BCUT2D eigenvalue weighted by Crippen LogP contribution is 2.43. The minimum absolute atomic E-state index is 0.000716. The Bertz CT molecular complexity index is 450. The zero-order valence-corrected chi connectivity index (χ0v) is 10.6. The van der Waals surface area contributed by atoms with Gasteiger partial charge in [0.05, 0.1) is 6.61 Å². The van der Waals surface area contributed by atoms with Gasteiger partial charge in [-0.1, -0.05) is 30.3 Å². The Morgan fingerprint density at radius 2 is 1.84 bits per heavy atom. The lowest BCUT2D eigenvalue weighted by Crippen LogP contribution is -2.52. The van der Waals surface area contributed by atoms with Crippen molar-refractivity contribution in [2.24, 2.45) is 0 Å². The summed E-state index contributed by atoms with van der Waals surface area (Å²) in [5.74, 6) is 0. The number of epoxide rings is 1. The molecule has 0 spiro atoms. The Morgan fingerprint density at radius 3 is 2.63 bits per heavy atom. The number of hydrogen-bond acceptors (Lipinski definition) is 5. The molecule has 1 aromatic carbocycles. The van der Waals surface area contributed by atoms with E-state index in [9.17, 15) is 0 Å². The summed E-state index contributed by atoms with van der Waals surface area (Å²) in [5.41, 5.74) is 1.02. The predicted molar refractivity (Wildman–Crippen MR) is 64.3 cm³/mol. The number of methoxy groups -OCH3 is 1. The molecule has 4 rings (SSSR count). The summed E-state index contributed by atoms with van der Waals surface area (Å²) in [5, 5.41) is 0. The van der Waals surface area contributed by atoms with E-state index < -0.39 is 0 Å². The molecule has 0 N–H and O–H groups in total. The van der Waals surface area contributed by atoms with Crippen molar-refractivity contribution >= 4 is 0 Å². The second-order valence-corrected chi connectivity index (χ2v) is 5.02. The molecule has 0 saturated carbocycles. The van der Waals surface area contributed by atoms with Crippen LogP contribution in [-0.4, -0.2) is 44.4 Å². The molecule has 0 radical (unpaired) electrons. The number of ether oxygens (including phenoxy) is 5. The van der Waals surface area contributed by atoms with Crippen molar-refractivity contribution in [1.82, 2.24) is 0 Å². The molecule has 6 atom stereocenters. The first kappa shape index (κ1) is 11.8. The van der Waals surface area contributed by atoms with Gasteiger partial charge < -0.3 is 23.7 Å². The van der Waals surface area contributed by atoms with Gasteiger partial charge >= 0.3 is 0 Å². The van der Waals surface area contributed by atoms with Crippen LogP contribution in [-0.2, 0) is 23.7 Å². The first-order valence-electron chi connectivity index (χ1n) is 6.52. The van der Waals surface area contributed by atoms with Gasteiger partial charge in [0.1, 0.15) is 24.4 Å². The lowest BCUT2D eigenvalue weighted by Gasteiger charge is -2.39. The van der Waals surface area contributed by atoms with Crippen LogP contribution in [0, 0.1) is 0 Å². The van der Waals surface area contributed by atoms with Crippen LogP contribution in [0.2, 0.25) is 0 Å². The van der Waals surface area contributed by atoms with Crippen molar-refractivity contribution in [3.63, 3.8) is 0 Å². The van der Waals surface area contributed by atoms with Gasteiger partial charge in [-0.2, -0.15) is 0 Å². The highest BCUT2D eigenvalue weighted by atomic mass is 16.8. The average Bonchev–Trinajstić information content (AvgIpc) is 3.27. The molecular formula is C14H16O5. The van der Waals surface area contributed by atoms with Crippen molar-refractivity contribution in [2.75, 3.05) is 13.7 Å². The SMILES string of the molecule is CO[C@@H]1O[C@@H]2COC(c3ccccc3)O[C@H]2[C@H]2O[C@@H]12. The number of hydrogen-bond donors (Lipinski definition) is 0. The first-order chi connectivity index (χ1) is 9.36. The van der Waals surface area contributed by atoms with E-state index in [4.69, 9.17) is 23.7 Å². The van der Waals surface area contributed by atoms with Gasteiger partial charge in [-0.05, 0) is 0 Å². The summed E-state index contributed by atoms with van der Waals surface area (Å²) in [7, 11) is 1.63. The summed E-state index contributed by atoms with van der Waals surface area (Å²) < 4.78 is 28.4. The van der Waals surface area contributed by atoms with Crippen LogP contribution in [0.1, 0.15) is 11.9 Å². The van der Waals surface area contributed by atoms with Gasteiger partial charge in [0.15, 0.2) is 12.6 Å². The summed E-state index contributed by atoms with van der Waals surface area (Å²) in [6.45, 7) is 0.497. The minimum Gasteiger partial charge on any atom is -0.361 e. The molecule has 19 heavy (non-hydrogen) atoms. The Hall–Kier alpha value is -0.980. The van der Waals surface area contributed by atoms with Crippen LogP contribution in [0.5, 0.6) is 0 Å². The second kappa shape index (κ2) is 4.54. The van der Waals surface area contributed by atoms with Crippen LogP contribution in [0.3, 0.4) is 0 Å². The van der Waals surface area contributed by atoms with Crippen molar-refractivity contribution in [2.45, 2.75) is 37.0 Å². The highest BCUT2D eigenvalue weighted by molar-refractivity contribution is 5.17. The fourth-order valence-corrected chi connectivity index (χ4v) is 2.80. The third-order valence-corrected chi connectivity index (χ3v) is 3.83. The lowest BCUT2D eigenvalue weighted by molar-refractivity contribution is -0.304. The third kappa shape index (κ3) is 1.98. The molecule has 0 bridgehead atoms. The second-order valence-electron chi connectivity index (χ2n) is 5.02. The molecule has 5 heteroatoms. The summed E-state index contributed by atoms with van der Waals surface area (Å²) in [6.07, 6.45) is -0.759. The molecule has 0 amide bonds. The predicted octanol–water partition coefficient (Wildman–Crippen LogP) is 1.24. The van der Waals surface area contributed by atoms with E-state index >= 15 is 0 Å². The summed E-state index contributed by atoms with van der Waals surface area (Å²) in [6, 6.07) is 9.92. The van der Waals surface area contributed by atoms with Crippen molar-refractivity contribution in [1.29, 1.82) is 0 Å². The van der Waals surface area contributed by atoms with Gasteiger partial charge in [0, 0.05) is 12.7 Å². The van der Waals surface area contributed by atoms with E-state index in [-0.39, 0.29) is 37.0 Å². The molecule has 0 aliphatic carbocycles. The van der Waals surface area contributed by atoms with Crippen LogP contribution >= 0.6 is 0 Å². The Labute approximate surface area is 111 Å². The maximum atomic E-state index is 6.00. The minimum atomic E-state index is -0.338. The van der Waals surface area contributed by atoms with E-state index in [1.165, 1.54) is 0 Å². The van der Waals surface area contributed by atoms with E-state index in [2.05, 4.69) is 0 Å². The highest BCUT2D eigenvalue weighted by Gasteiger charge is 2.60. The fraction of sp³-hybridized carbons (Fsp3) is 0.571. The third-order valence-electron chi connectivity index (χ3n) is 3.83. The maximum absolute atomic E-state index is 6.00. The van der Waals surface area contributed by atoms with E-state index in [1.807, 2.05) is 30.3 Å². The molecule has 1 unspecified atom stereocenters. The molecule has 0 aromatic heterocycles. The van der Waals surface area contributed by atoms with Gasteiger partial charge in [-0.15, -0.1) is 0 Å². The van der Waals surface area contributed by atoms with Gasteiger partial charge in [-0.25, -0.2) is 0 Å². The maximum Gasteiger partial charge on any atom is 0.186 e. The quantitative estimate of drug-likeness (QED) is 0.752. The normalized spacial score (nSPS) is 44.3. The molecule has 3 fully saturated rings. The molecule has 3 saturated heterocycles. The number of rotatable bonds is 2. The van der Waals surface area contributed by atoms with Gasteiger partial charge in [-0.3, -0.25) is 0 Å². The first-order valence-corrected chi connectivity index (χ1v) is 6.52. The van der Waals surface area contributed by atoms with Gasteiger partial charge in [0.2, 0.25) is 0 Å². The van der Waals surface area contributed by atoms with Crippen molar-refractivity contribution < 1.29 is 23.7 Å². The lowest BCUT2D eigenvalue weighted by atomic mass is 10.0. The zero-order chi connectivity index (χ0) is 12.8. The molecule has 102 valence electrons. The molecule has 3 aliphatic rings. The molecule has 3 heterocycles. The smallest absolute Gasteiger partial charge is 0.186 e. The van der Waals surface area contributed by atoms with Crippen LogP contribution in [0.4, 0.5) is 0 Å². The van der Waals surface area contributed by atoms with E-state index in [0.717, 1.165) is 5.56 Å². The van der Waals surface area contributed by atoms with Crippen molar-refractivity contribution in [3.05, 3.63) is 35.9 Å². The molecule has 5 nitrogen and oxygen atoms in total. The van der Waals surface area contributed by atoms with E-state index in [0.29, 0.717) is 6.61 Å². The topological polar surface area (TPSA) is 49.5 Å². The Kier molecular flexibility index (Phi) is 2.82. The molecular weight excluding hydrogens is 248 g/mol. The van der Waals surface area contributed by atoms with Crippen LogP contribution in [0.25, 0.3) is 0 Å². The Balaban J connectivity index is 1.50. The summed E-state index contributed by atoms with van der Waals surface area (Å²) in [4.78, 5) is 0. The van der Waals surface area contributed by atoms with Gasteiger partial charge in [0.25, 0.3) is 0 Å². The zero-order valence-electron chi connectivity index (χ0n) is 10.6. The van der Waals surface area contributed by atoms with Crippen LogP contribution in [0.15, 0.2) is 30.3 Å².